The minimum Gasteiger partial charge on any atom is -0.459 e. The van der Waals surface area contributed by atoms with E-state index < -0.39 is 42.0 Å². The van der Waals surface area contributed by atoms with Crippen molar-refractivity contribution in [3.05, 3.63) is 31.3 Å². The first-order chi connectivity index (χ1) is 14.3. The topological polar surface area (TPSA) is 82.7 Å². The number of hydrogen-bond donors (Lipinski definition) is 0. The number of aryl methyl sites for hydroxylation is 2. The van der Waals surface area contributed by atoms with Gasteiger partial charge in [-0.25, -0.2) is 4.79 Å². The third-order valence-electron chi connectivity index (χ3n) is 4.66. The van der Waals surface area contributed by atoms with Crippen molar-refractivity contribution in [1.29, 1.82) is 0 Å². The van der Waals surface area contributed by atoms with E-state index in [0.29, 0.717) is 23.3 Å². The maximum atomic E-state index is 13.0. The molecular formula is C20H24F3N3O4S. The van der Waals surface area contributed by atoms with Gasteiger partial charge >= 0.3 is 17.8 Å². The van der Waals surface area contributed by atoms with Crippen molar-refractivity contribution in [3.63, 3.8) is 0 Å². The molecule has 11 heteroatoms. The summed E-state index contributed by atoms with van der Waals surface area (Å²) in [5.41, 5.74) is -1.34. The number of carbonyl (C=O) groups is 1. The highest BCUT2D eigenvalue weighted by atomic mass is 32.1. The molecule has 0 atom stereocenters. The van der Waals surface area contributed by atoms with Crippen molar-refractivity contribution >= 4 is 33.7 Å². The monoisotopic (exact) mass is 459 g/mol. The van der Waals surface area contributed by atoms with Gasteiger partial charge in [-0.1, -0.05) is 0 Å². The summed E-state index contributed by atoms with van der Waals surface area (Å²) in [6.07, 6.45) is -2.93. The fraction of sp³-hybridized carbons (Fsp3) is 0.600. The summed E-state index contributed by atoms with van der Waals surface area (Å²) in [5.74, 6) is -0.527. The largest absolute Gasteiger partial charge is 0.459 e. The minimum absolute atomic E-state index is 0.187. The van der Waals surface area contributed by atoms with Crippen molar-refractivity contribution in [1.82, 2.24) is 9.13 Å². The lowest BCUT2D eigenvalue weighted by atomic mass is 10.2. The second-order valence-corrected chi connectivity index (χ2v) is 9.56. The van der Waals surface area contributed by atoms with Crippen LogP contribution in [0.25, 0.3) is 10.2 Å². The van der Waals surface area contributed by atoms with Gasteiger partial charge in [-0.05, 0) is 46.1 Å². The third-order valence-corrected chi connectivity index (χ3v) is 5.91. The SMILES string of the molecule is Cc1c(C=NCC(=O)OC(C)(C)C)sc2c1c(=O)n(C1CC1)c(=O)n2CCC(F)(F)F. The lowest BCUT2D eigenvalue weighted by molar-refractivity contribution is -0.152. The van der Waals surface area contributed by atoms with Crippen LogP contribution in [0.3, 0.4) is 0 Å². The van der Waals surface area contributed by atoms with Gasteiger partial charge < -0.3 is 4.74 Å². The Kier molecular flexibility index (Phi) is 6.18. The van der Waals surface area contributed by atoms with Gasteiger partial charge in [0, 0.05) is 18.8 Å². The zero-order valence-electron chi connectivity index (χ0n) is 17.7. The molecule has 0 bridgehead atoms. The van der Waals surface area contributed by atoms with Gasteiger partial charge in [-0.2, -0.15) is 13.2 Å². The number of thiophene rings is 1. The first-order valence-corrected chi connectivity index (χ1v) is 10.7. The molecular weight excluding hydrogens is 435 g/mol. The van der Waals surface area contributed by atoms with Gasteiger partial charge in [0.15, 0.2) is 0 Å². The van der Waals surface area contributed by atoms with Crippen LogP contribution in [0.4, 0.5) is 13.2 Å². The van der Waals surface area contributed by atoms with Gasteiger partial charge in [-0.3, -0.25) is 23.7 Å². The highest BCUT2D eigenvalue weighted by Gasteiger charge is 2.32. The van der Waals surface area contributed by atoms with Crippen molar-refractivity contribution in [3.8, 4) is 0 Å². The maximum Gasteiger partial charge on any atom is 0.390 e. The number of alkyl halides is 3. The maximum absolute atomic E-state index is 13.0. The van der Waals surface area contributed by atoms with Crippen LogP contribution in [0, 0.1) is 6.92 Å². The van der Waals surface area contributed by atoms with E-state index >= 15 is 0 Å². The molecule has 1 aliphatic rings. The Hall–Kier alpha value is -2.43. The molecule has 0 unspecified atom stereocenters. The van der Waals surface area contributed by atoms with Crippen LogP contribution >= 0.6 is 11.3 Å². The predicted molar refractivity (Wildman–Crippen MR) is 112 cm³/mol. The fourth-order valence-corrected chi connectivity index (χ4v) is 4.38. The van der Waals surface area contributed by atoms with Gasteiger partial charge in [0.25, 0.3) is 5.56 Å². The molecule has 170 valence electrons. The summed E-state index contributed by atoms with van der Waals surface area (Å²) in [6.45, 7) is 6.05. The molecule has 1 aliphatic carbocycles. The van der Waals surface area contributed by atoms with Gasteiger partial charge in [-0.15, -0.1) is 11.3 Å². The molecule has 2 aromatic heterocycles. The first kappa shape index (κ1) is 23.2. The lowest BCUT2D eigenvalue weighted by Gasteiger charge is -2.18. The van der Waals surface area contributed by atoms with Crippen LogP contribution in [0.5, 0.6) is 0 Å². The average Bonchev–Trinajstić information content (AvgIpc) is 3.37. The molecule has 31 heavy (non-hydrogen) atoms. The Labute approximate surface area is 180 Å². The van der Waals surface area contributed by atoms with E-state index in [9.17, 15) is 27.6 Å². The normalized spacial score (nSPS) is 15.2. The Morgan fingerprint density at radius 1 is 1.26 bits per heavy atom. The van der Waals surface area contributed by atoms with Gasteiger partial charge in [0.05, 0.1) is 16.7 Å². The zero-order valence-corrected chi connectivity index (χ0v) is 18.5. The van der Waals surface area contributed by atoms with E-state index in [1.54, 1.807) is 27.7 Å². The molecule has 1 saturated carbocycles. The van der Waals surface area contributed by atoms with Crippen molar-refractivity contribution in [2.75, 3.05) is 6.54 Å². The number of nitrogens with zero attached hydrogens (tertiary/aromatic N) is 3. The predicted octanol–water partition coefficient (Wildman–Crippen LogP) is 3.58. The van der Waals surface area contributed by atoms with Gasteiger partial charge in [0.2, 0.25) is 0 Å². The van der Waals surface area contributed by atoms with Crippen LogP contribution in [-0.4, -0.2) is 39.6 Å². The summed E-state index contributed by atoms with van der Waals surface area (Å²) < 4.78 is 45.7. The highest BCUT2D eigenvalue weighted by molar-refractivity contribution is 7.20. The zero-order chi connectivity index (χ0) is 23.1. The van der Waals surface area contributed by atoms with E-state index in [4.69, 9.17) is 4.74 Å². The Bertz CT molecular complexity index is 1150. The van der Waals surface area contributed by atoms with E-state index in [1.807, 2.05) is 0 Å². The molecule has 0 aliphatic heterocycles. The number of esters is 1. The number of hydrogen-bond acceptors (Lipinski definition) is 6. The number of ether oxygens (including phenoxy) is 1. The molecule has 2 aromatic rings. The van der Waals surface area contributed by atoms with Crippen LogP contribution in [0.15, 0.2) is 14.6 Å². The fourth-order valence-electron chi connectivity index (χ4n) is 3.17. The number of aliphatic imine (C=N–C) groups is 1. The van der Waals surface area contributed by atoms with Crippen LogP contribution in [0.2, 0.25) is 0 Å². The van der Waals surface area contributed by atoms with Crippen molar-refractivity contribution in [2.45, 2.75) is 71.3 Å². The molecule has 3 rings (SSSR count). The average molecular weight is 459 g/mol. The molecule has 0 N–H and O–H groups in total. The molecule has 0 aromatic carbocycles. The number of carbonyl (C=O) groups excluding carboxylic acids is 1. The molecule has 0 radical (unpaired) electrons. The standard InChI is InChI=1S/C20H24F3N3O4S/c1-11-13(9-24-10-14(27)30-19(2,3)4)31-17-15(11)16(28)26(12-5-6-12)18(29)25(17)8-7-20(21,22)23/h9,12H,5-8,10H2,1-4H3. The molecule has 0 spiro atoms. The Morgan fingerprint density at radius 3 is 2.45 bits per heavy atom. The third kappa shape index (κ3) is 5.44. The van der Waals surface area contributed by atoms with E-state index in [1.165, 1.54) is 6.21 Å². The summed E-state index contributed by atoms with van der Waals surface area (Å²) >= 11 is 1.02. The van der Waals surface area contributed by atoms with Crippen LogP contribution in [-0.2, 0) is 16.1 Å². The molecule has 2 heterocycles. The number of halogens is 3. The highest BCUT2D eigenvalue weighted by Crippen LogP contribution is 2.34. The summed E-state index contributed by atoms with van der Waals surface area (Å²) in [6, 6.07) is -0.273. The Morgan fingerprint density at radius 2 is 1.90 bits per heavy atom. The van der Waals surface area contributed by atoms with E-state index in [-0.39, 0.29) is 22.8 Å². The Balaban J connectivity index is 2.02. The first-order valence-electron chi connectivity index (χ1n) is 9.85. The summed E-state index contributed by atoms with van der Waals surface area (Å²) in [7, 11) is 0. The molecule has 0 saturated heterocycles. The van der Waals surface area contributed by atoms with E-state index in [2.05, 4.69) is 4.99 Å². The van der Waals surface area contributed by atoms with E-state index in [0.717, 1.165) is 20.5 Å². The minimum atomic E-state index is -4.43. The molecule has 0 amide bonds. The number of aromatic nitrogens is 2. The number of fused-ring (bicyclic) bond motifs is 1. The van der Waals surface area contributed by atoms with Crippen LogP contribution in [0.1, 0.15) is 56.5 Å². The quantitative estimate of drug-likeness (QED) is 0.488. The second-order valence-electron chi connectivity index (χ2n) is 8.53. The second kappa shape index (κ2) is 8.25. The van der Waals surface area contributed by atoms with Gasteiger partial charge in [0.1, 0.15) is 17.0 Å². The number of rotatable bonds is 6. The van der Waals surface area contributed by atoms with Crippen LogP contribution < -0.4 is 11.2 Å². The summed E-state index contributed by atoms with van der Waals surface area (Å²) in [5, 5.41) is 0.220. The summed E-state index contributed by atoms with van der Waals surface area (Å²) in [4.78, 5) is 42.4. The molecule has 7 nitrogen and oxygen atoms in total. The molecule has 1 fully saturated rings. The smallest absolute Gasteiger partial charge is 0.390 e. The van der Waals surface area contributed by atoms with Crippen molar-refractivity contribution in [2.24, 2.45) is 4.99 Å². The van der Waals surface area contributed by atoms with Crippen molar-refractivity contribution < 1.29 is 22.7 Å². The lowest BCUT2D eigenvalue weighted by Crippen LogP contribution is -2.39.